The van der Waals surface area contributed by atoms with E-state index in [0.717, 1.165) is 5.92 Å². The average molecular weight is 364 g/mol. The van der Waals surface area contributed by atoms with Crippen molar-refractivity contribution < 1.29 is 31.1 Å². The van der Waals surface area contributed by atoms with Crippen molar-refractivity contribution in [3.63, 3.8) is 0 Å². The van der Waals surface area contributed by atoms with Crippen LogP contribution in [0.4, 0.5) is 0 Å². The van der Waals surface area contributed by atoms with E-state index in [-0.39, 0.29) is 31.1 Å². The average Bonchev–Trinajstić information content (AvgIpc) is 1.63. The molecule has 0 bridgehead atoms. The van der Waals surface area contributed by atoms with Crippen molar-refractivity contribution in [2.45, 2.75) is 40.5 Å². The molecule has 58 valence electrons. The van der Waals surface area contributed by atoms with E-state index in [1.165, 1.54) is 18.8 Å². The predicted octanol–water partition coefficient (Wildman–Crippen LogP) is 3.24. The Balaban J connectivity index is 0. The molecule has 0 N–H and O–H groups in total. The van der Waals surface area contributed by atoms with Gasteiger partial charge in [0.1, 0.15) is 0 Å². The van der Waals surface area contributed by atoms with Crippen LogP contribution in [0.5, 0.6) is 0 Å². The summed E-state index contributed by atoms with van der Waals surface area (Å²) in [7, 11) is 0. The Labute approximate surface area is 89.5 Å². The van der Waals surface area contributed by atoms with Gasteiger partial charge in [0, 0.05) is 0 Å². The molecule has 10 heavy (non-hydrogen) atoms. The van der Waals surface area contributed by atoms with Gasteiger partial charge in [-0.1, -0.05) is 13.8 Å². The zero-order valence-electron chi connectivity index (χ0n) is 7.57. The Morgan fingerprint density at radius 1 is 1.30 bits per heavy atom. The molecule has 0 aliphatic carbocycles. The normalized spacial score (nSPS) is 10.2. The molecule has 0 saturated heterocycles. The third kappa shape index (κ3) is 11.8. The Morgan fingerprint density at radius 3 is 2.10 bits per heavy atom. The van der Waals surface area contributed by atoms with E-state index in [1.54, 1.807) is 0 Å². The summed E-state index contributed by atoms with van der Waals surface area (Å²) >= 11 is 0. The Morgan fingerprint density at radius 2 is 1.80 bits per heavy atom. The van der Waals surface area contributed by atoms with Gasteiger partial charge in [0.2, 0.25) is 0 Å². The van der Waals surface area contributed by atoms with Crippen LogP contribution in [0, 0.1) is 49.4 Å². The van der Waals surface area contributed by atoms with Gasteiger partial charge in [0.15, 0.2) is 0 Å². The molecule has 0 aromatic carbocycles. The maximum absolute atomic E-state index is 2.37. The molecule has 0 unspecified atom stereocenters. The third-order valence-electron chi connectivity index (χ3n) is 1.28. The van der Waals surface area contributed by atoms with Crippen LogP contribution in [0.15, 0.2) is 0 Å². The van der Waals surface area contributed by atoms with Gasteiger partial charge in [0.05, 0.1) is 0 Å². The van der Waals surface area contributed by atoms with Crippen molar-refractivity contribution in [2.24, 2.45) is 5.92 Å². The van der Waals surface area contributed by atoms with Crippen LogP contribution in [0.3, 0.4) is 0 Å². The van der Waals surface area contributed by atoms with Crippen molar-refractivity contribution in [3.05, 3.63) is 12.3 Å². The second-order valence-corrected chi connectivity index (χ2v) is 3.23. The fourth-order valence-corrected chi connectivity index (χ4v) is 0.705. The minimum atomic E-state index is 0. The zero-order valence-corrected chi connectivity index (χ0v) is 11.7. The van der Waals surface area contributed by atoms with Crippen LogP contribution in [-0.2, 0) is 0 Å². The summed E-state index contributed by atoms with van der Waals surface area (Å²) in [5.74, 6) is 2.29. The van der Waals surface area contributed by atoms with Crippen LogP contribution in [0.1, 0.15) is 40.5 Å². The monoisotopic (exact) mass is 364 g/mol. The van der Waals surface area contributed by atoms with E-state index in [4.69, 9.17) is 0 Å². The summed E-state index contributed by atoms with van der Waals surface area (Å²) in [6.07, 6.45) is 4.88. The molecule has 0 aliphatic rings. The second kappa shape index (κ2) is 8.15. The van der Waals surface area contributed by atoms with Crippen molar-refractivity contribution in [2.75, 3.05) is 0 Å². The van der Waals surface area contributed by atoms with Gasteiger partial charge < -0.3 is 12.3 Å². The van der Waals surface area contributed by atoms with Gasteiger partial charge in [-0.05, 0) is 0 Å². The number of rotatable bonds is 4. The summed E-state index contributed by atoms with van der Waals surface area (Å²) in [5, 5.41) is 0. The molecule has 0 aliphatic heterocycles. The standard InChI is InChI=1S/C9H18.U/c1-8(2)6-5-7-9(3)4;/h6,8H,5,7H2,1-4H3;/q-2;+2. The summed E-state index contributed by atoms with van der Waals surface area (Å²) < 4.78 is 0. The number of hydrogen-bond donors (Lipinski definition) is 0. The third-order valence-corrected chi connectivity index (χ3v) is 1.28. The smallest absolute Gasteiger partial charge is 0.328 e. The largest absolute Gasteiger partial charge is 2.00 e. The van der Waals surface area contributed by atoms with Gasteiger partial charge >= 0.3 is 31.1 Å². The SMILES string of the molecule is C[C-](C)CC[CH-]C(C)C.[U+2]. The van der Waals surface area contributed by atoms with Gasteiger partial charge in [-0.25, -0.2) is 12.8 Å². The quantitative estimate of drug-likeness (QED) is 0.672. The van der Waals surface area contributed by atoms with Crippen LogP contribution in [0.2, 0.25) is 0 Å². The van der Waals surface area contributed by atoms with Crippen LogP contribution in [0.25, 0.3) is 0 Å². The Bertz CT molecular complexity index is 49.7. The Hall–Kier alpha value is 1.05. The molecular weight excluding hydrogens is 346 g/mol. The predicted molar refractivity (Wildman–Crippen MR) is 43.0 cm³/mol. The molecule has 0 aromatic heterocycles. The first-order valence-corrected chi connectivity index (χ1v) is 3.75. The van der Waals surface area contributed by atoms with Gasteiger partial charge in [-0.3, -0.25) is 0 Å². The molecule has 0 fully saturated rings. The molecule has 0 heterocycles. The van der Waals surface area contributed by atoms with E-state index in [9.17, 15) is 0 Å². The molecule has 0 atom stereocenters. The molecule has 0 rings (SSSR count). The van der Waals surface area contributed by atoms with E-state index in [2.05, 4.69) is 34.1 Å². The first-order chi connectivity index (χ1) is 4.13. The minimum Gasteiger partial charge on any atom is -0.328 e. The summed E-state index contributed by atoms with van der Waals surface area (Å²) in [5.41, 5.74) is 0. The van der Waals surface area contributed by atoms with Gasteiger partial charge in [-0.15, -0.1) is 0 Å². The van der Waals surface area contributed by atoms with E-state index >= 15 is 0 Å². The molecule has 1 heteroatoms. The van der Waals surface area contributed by atoms with E-state index < -0.39 is 0 Å². The Kier molecular flexibility index (Phi) is 11.1. The molecule has 0 saturated carbocycles. The maximum Gasteiger partial charge on any atom is 2.00 e. The fourth-order valence-electron chi connectivity index (χ4n) is 0.705. The zero-order chi connectivity index (χ0) is 7.28. The van der Waals surface area contributed by atoms with Crippen molar-refractivity contribution in [3.8, 4) is 0 Å². The summed E-state index contributed by atoms with van der Waals surface area (Å²) in [6.45, 7) is 8.83. The van der Waals surface area contributed by atoms with Crippen LogP contribution in [-0.4, -0.2) is 0 Å². The van der Waals surface area contributed by atoms with Crippen molar-refractivity contribution in [1.29, 1.82) is 0 Å². The first-order valence-electron chi connectivity index (χ1n) is 3.75. The molecule has 0 nitrogen and oxygen atoms in total. The van der Waals surface area contributed by atoms with Crippen LogP contribution >= 0.6 is 0 Å². The second-order valence-electron chi connectivity index (χ2n) is 3.23. The first kappa shape index (κ1) is 13.6. The molecule has 0 amide bonds. The molecule has 0 radical (unpaired) electrons. The summed E-state index contributed by atoms with van der Waals surface area (Å²) in [6, 6.07) is 0. The topological polar surface area (TPSA) is 0 Å². The summed E-state index contributed by atoms with van der Waals surface area (Å²) in [4.78, 5) is 0. The minimum absolute atomic E-state index is 0. The molecular formula is C9H18U. The van der Waals surface area contributed by atoms with Crippen molar-refractivity contribution in [1.82, 2.24) is 0 Å². The fraction of sp³-hybridized carbons (Fsp3) is 0.778. The molecule has 0 spiro atoms. The maximum atomic E-state index is 2.37. The number of hydrogen-bond acceptors (Lipinski definition) is 0. The van der Waals surface area contributed by atoms with E-state index in [1.807, 2.05) is 0 Å². The van der Waals surface area contributed by atoms with Crippen molar-refractivity contribution >= 4 is 0 Å². The van der Waals surface area contributed by atoms with Gasteiger partial charge in [0.25, 0.3) is 0 Å². The molecule has 0 aromatic rings. The van der Waals surface area contributed by atoms with Gasteiger partial charge in [-0.2, -0.15) is 19.8 Å². The van der Waals surface area contributed by atoms with Crippen LogP contribution < -0.4 is 0 Å². The van der Waals surface area contributed by atoms with E-state index in [0.29, 0.717) is 0 Å².